The van der Waals surface area contributed by atoms with Gasteiger partial charge in [0.2, 0.25) is 0 Å². The van der Waals surface area contributed by atoms with Gasteiger partial charge >= 0.3 is 0 Å². The monoisotopic (exact) mass is 286 g/mol. The van der Waals surface area contributed by atoms with Crippen LogP contribution < -0.4 is 10.1 Å². The van der Waals surface area contributed by atoms with E-state index in [9.17, 15) is 9.18 Å². The lowest BCUT2D eigenvalue weighted by atomic mass is 10.1. The molecule has 21 heavy (non-hydrogen) atoms. The summed E-state index contributed by atoms with van der Waals surface area (Å²) in [4.78, 5) is 16.2. The van der Waals surface area contributed by atoms with E-state index in [2.05, 4.69) is 10.3 Å². The Morgan fingerprint density at radius 3 is 2.86 bits per heavy atom. The van der Waals surface area contributed by atoms with Gasteiger partial charge in [0.15, 0.2) is 0 Å². The van der Waals surface area contributed by atoms with Gasteiger partial charge in [0.1, 0.15) is 11.6 Å². The maximum Gasteiger partial charge on any atom is 0.251 e. The molecule has 0 radical (unpaired) electrons. The molecule has 1 aliphatic rings. The maximum absolute atomic E-state index is 13.9. The van der Waals surface area contributed by atoms with E-state index in [1.807, 2.05) is 0 Å². The molecular formula is C16H15FN2O2. The Bertz CT molecular complexity index is 684. The normalized spacial score (nSPS) is 13.8. The number of pyridine rings is 1. The van der Waals surface area contributed by atoms with E-state index >= 15 is 0 Å². The summed E-state index contributed by atoms with van der Waals surface area (Å²) in [6, 6.07) is 7.94. The fourth-order valence-corrected chi connectivity index (χ4v) is 2.04. The van der Waals surface area contributed by atoms with E-state index in [0.717, 1.165) is 12.8 Å². The molecule has 1 aromatic heterocycles. The number of halogens is 1. The molecule has 5 heteroatoms. The number of nitrogens with one attached hydrogen (secondary N) is 1. The molecule has 3 rings (SSSR count). The quantitative estimate of drug-likeness (QED) is 0.940. The fraction of sp³-hybridized carbons (Fsp3) is 0.250. The van der Waals surface area contributed by atoms with Crippen molar-refractivity contribution in [2.24, 2.45) is 0 Å². The molecule has 1 aliphatic carbocycles. The van der Waals surface area contributed by atoms with Crippen LogP contribution in [0.5, 0.6) is 5.75 Å². The first-order valence-corrected chi connectivity index (χ1v) is 6.78. The first kappa shape index (κ1) is 13.5. The predicted octanol–water partition coefficient (Wildman–Crippen LogP) is 2.79. The zero-order valence-electron chi connectivity index (χ0n) is 11.6. The molecule has 0 aliphatic heterocycles. The molecule has 2 aromatic rings. The van der Waals surface area contributed by atoms with Crippen LogP contribution in [-0.2, 0) is 0 Å². The van der Waals surface area contributed by atoms with Crippen LogP contribution in [0.3, 0.4) is 0 Å². The topological polar surface area (TPSA) is 51.2 Å². The molecule has 1 fully saturated rings. The first-order valence-electron chi connectivity index (χ1n) is 6.78. The molecular weight excluding hydrogens is 271 g/mol. The second-order valence-corrected chi connectivity index (χ2v) is 5.02. The Morgan fingerprint density at radius 1 is 1.33 bits per heavy atom. The lowest BCUT2D eigenvalue weighted by Crippen LogP contribution is -2.25. The van der Waals surface area contributed by atoms with E-state index in [0.29, 0.717) is 22.6 Å². The molecule has 0 bridgehead atoms. The number of hydrogen-bond acceptors (Lipinski definition) is 3. The highest BCUT2D eigenvalue weighted by molar-refractivity contribution is 5.95. The zero-order chi connectivity index (χ0) is 14.8. The highest BCUT2D eigenvalue weighted by atomic mass is 19.1. The van der Waals surface area contributed by atoms with E-state index < -0.39 is 5.82 Å². The third-order valence-corrected chi connectivity index (χ3v) is 3.38. The summed E-state index contributed by atoms with van der Waals surface area (Å²) >= 11 is 0. The summed E-state index contributed by atoms with van der Waals surface area (Å²) in [5.41, 5.74) is 1.21. The average molecular weight is 286 g/mol. The van der Waals surface area contributed by atoms with Crippen LogP contribution in [0.15, 0.2) is 36.5 Å². The summed E-state index contributed by atoms with van der Waals surface area (Å²) in [5, 5.41) is 2.90. The van der Waals surface area contributed by atoms with Crippen LogP contribution in [0.1, 0.15) is 23.2 Å². The highest BCUT2D eigenvalue weighted by Gasteiger charge is 2.24. The van der Waals surface area contributed by atoms with Crippen LogP contribution in [-0.4, -0.2) is 24.0 Å². The summed E-state index contributed by atoms with van der Waals surface area (Å²) < 4.78 is 19.0. The summed E-state index contributed by atoms with van der Waals surface area (Å²) in [7, 11) is 1.52. The van der Waals surface area contributed by atoms with Crippen molar-refractivity contribution >= 4 is 5.91 Å². The Hall–Kier alpha value is -2.43. The molecule has 0 spiro atoms. The Morgan fingerprint density at radius 2 is 2.14 bits per heavy atom. The standard InChI is InChI=1S/C16H15FN2O2/c1-21-12-4-5-14(17)13(9-12)15-8-10(6-7-18-15)16(20)19-11-2-3-11/h4-9,11H,2-3H2,1H3,(H,19,20). The SMILES string of the molecule is COc1ccc(F)c(-c2cc(C(=O)NC3CC3)ccn2)c1. The zero-order valence-corrected chi connectivity index (χ0v) is 11.6. The van der Waals surface area contributed by atoms with Gasteiger partial charge in [-0.15, -0.1) is 0 Å². The van der Waals surface area contributed by atoms with E-state index in [4.69, 9.17) is 4.74 Å². The number of hydrogen-bond donors (Lipinski definition) is 1. The summed E-state index contributed by atoms with van der Waals surface area (Å²) in [6.07, 6.45) is 3.55. The minimum absolute atomic E-state index is 0.149. The van der Waals surface area contributed by atoms with Crippen LogP contribution in [0.2, 0.25) is 0 Å². The summed E-state index contributed by atoms with van der Waals surface area (Å²) in [5.74, 6) is -0.00598. The third-order valence-electron chi connectivity index (χ3n) is 3.38. The second kappa shape index (κ2) is 5.52. The third kappa shape index (κ3) is 3.02. The van der Waals surface area contributed by atoms with Gasteiger partial charge in [-0.25, -0.2) is 4.39 Å². The second-order valence-electron chi connectivity index (χ2n) is 5.02. The minimum atomic E-state index is -0.400. The smallest absolute Gasteiger partial charge is 0.251 e. The van der Waals surface area contributed by atoms with Crippen molar-refractivity contribution in [3.05, 3.63) is 47.9 Å². The Kier molecular flexibility index (Phi) is 3.56. The lowest BCUT2D eigenvalue weighted by Gasteiger charge is -2.08. The molecule has 1 heterocycles. The largest absolute Gasteiger partial charge is 0.497 e. The molecule has 0 unspecified atom stereocenters. The molecule has 1 N–H and O–H groups in total. The van der Waals surface area contributed by atoms with Crippen molar-refractivity contribution < 1.29 is 13.9 Å². The number of carbonyl (C=O) groups excluding carboxylic acids is 1. The van der Waals surface area contributed by atoms with Crippen LogP contribution in [0.25, 0.3) is 11.3 Å². The van der Waals surface area contributed by atoms with E-state index in [1.54, 1.807) is 24.3 Å². The number of aromatic nitrogens is 1. The van der Waals surface area contributed by atoms with Gasteiger partial charge in [-0.3, -0.25) is 9.78 Å². The predicted molar refractivity (Wildman–Crippen MR) is 76.7 cm³/mol. The molecule has 0 atom stereocenters. The number of carbonyl (C=O) groups is 1. The molecule has 0 saturated heterocycles. The number of methoxy groups -OCH3 is 1. The van der Waals surface area contributed by atoms with Gasteiger partial charge in [-0.2, -0.15) is 0 Å². The van der Waals surface area contributed by atoms with Crippen molar-refractivity contribution in [3.8, 4) is 17.0 Å². The van der Waals surface area contributed by atoms with Crippen molar-refractivity contribution in [1.82, 2.24) is 10.3 Å². The van der Waals surface area contributed by atoms with E-state index in [1.165, 1.54) is 19.4 Å². The average Bonchev–Trinajstić information content (AvgIpc) is 3.32. The van der Waals surface area contributed by atoms with Gasteiger partial charge < -0.3 is 10.1 Å². The minimum Gasteiger partial charge on any atom is -0.497 e. The Balaban J connectivity index is 1.93. The van der Waals surface area contributed by atoms with Gasteiger partial charge in [0.05, 0.1) is 12.8 Å². The van der Waals surface area contributed by atoms with Crippen LogP contribution in [0.4, 0.5) is 4.39 Å². The van der Waals surface area contributed by atoms with Crippen LogP contribution >= 0.6 is 0 Å². The summed E-state index contributed by atoms with van der Waals surface area (Å²) in [6.45, 7) is 0. The van der Waals surface area contributed by atoms with Crippen molar-refractivity contribution in [2.75, 3.05) is 7.11 Å². The number of ether oxygens (including phenoxy) is 1. The van der Waals surface area contributed by atoms with Gasteiger partial charge in [0, 0.05) is 23.4 Å². The number of nitrogens with zero attached hydrogens (tertiary/aromatic N) is 1. The molecule has 4 nitrogen and oxygen atoms in total. The Labute approximate surface area is 122 Å². The van der Waals surface area contributed by atoms with E-state index in [-0.39, 0.29) is 11.9 Å². The molecule has 1 saturated carbocycles. The first-order chi connectivity index (χ1) is 10.2. The number of rotatable bonds is 4. The highest BCUT2D eigenvalue weighted by Crippen LogP contribution is 2.26. The fourth-order valence-electron chi connectivity index (χ4n) is 2.04. The van der Waals surface area contributed by atoms with Gasteiger partial charge in [-0.1, -0.05) is 0 Å². The molecule has 108 valence electrons. The van der Waals surface area contributed by atoms with Crippen LogP contribution in [0, 0.1) is 5.82 Å². The van der Waals surface area contributed by atoms with Crippen molar-refractivity contribution in [3.63, 3.8) is 0 Å². The van der Waals surface area contributed by atoms with Gasteiger partial charge in [0.25, 0.3) is 5.91 Å². The number of benzene rings is 1. The number of amides is 1. The molecule has 1 amide bonds. The van der Waals surface area contributed by atoms with Crippen molar-refractivity contribution in [1.29, 1.82) is 0 Å². The maximum atomic E-state index is 13.9. The van der Waals surface area contributed by atoms with Crippen molar-refractivity contribution in [2.45, 2.75) is 18.9 Å². The molecule has 1 aromatic carbocycles. The van der Waals surface area contributed by atoms with Gasteiger partial charge in [-0.05, 0) is 43.2 Å². The lowest BCUT2D eigenvalue weighted by molar-refractivity contribution is 0.0951.